The van der Waals surface area contributed by atoms with Crippen molar-refractivity contribution in [1.29, 1.82) is 0 Å². The van der Waals surface area contributed by atoms with Crippen LogP contribution in [0.2, 0.25) is 0 Å². The van der Waals surface area contributed by atoms with Crippen LogP contribution < -0.4 is 0 Å². The molecule has 0 aliphatic carbocycles. The fourth-order valence-electron chi connectivity index (χ4n) is 11.8. The number of hydrogen-bond acceptors (Lipinski definition) is 14. The average molecular weight is 1110 g/mol. The highest BCUT2D eigenvalue weighted by atomic mass is 32.1. The molecule has 18 heteroatoms. The van der Waals surface area contributed by atoms with Crippen molar-refractivity contribution < 1.29 is 38.4 Å². The van der Waals surface area contributed by atoms with Gasteiger partial charge in [-0.25, -0.2) is 0 Å². The number of amides is 8. The molecule has 0 unspecified atom stereocenters. The van der Waals surface area contributed by atoms with E-state index in [1.807, 2.05) is 12.1 Å². The largest absolute Gasteiger partial charge is 0.274 e. The normalized spacial score (nSPS) is 14.8. The Balaban J connectivity index is 0.945. The number of aromatic nitrogens is 4. The number of rotatable bonds is 24. The van der Waals surface area contributed by atoms with Crippen LogP contribution in [0.1, 0.15) is 213 Å². The van der Waals surface area contributed by atoms with E-state index in [0.717, 1.165) is 77.0 Å². The van der Waals surface area contributed by atoms with Crippen LogP contribution in [0.4, 0.5) is 0 Å². The fourth-order valence-corrected chi connectivity index (χ4v) is 13.7. The Bertz CT molecular complexity index is 3490. The number of benzene rings is 4. The third kappa shape index (κ3) is 9.32. The fraction of sp³-hybridized carbons (Fsp3) is 0.387. The van der Waals surface area contributed by atoms with Gasteiger partial charge in [0.25, 0.3) is 47.3 Å². The van der Waals surface area contributed by atoms with Crippen LogP contribution in [0.15, 0.2) is 60.7 Å². The van der Waals surface area contributed by atoms with E-state index in [1.54, 1.807) is 48.5 Å². The van der Waals surface area contributed by atoms with Crippen molar-refractivity contribution in [2.45, 2.75) is 130 Å². The predicted octanol–water partition coefficient (Wildman–Crippen LogP) is 13.1. The number of carbonyl (C=O) groups excluding carboxylic acids is 8. The van der Waals surface area contributed by atoms with Crippen LogP contribution in [-0.2, 0) is 0 Å². The van der Waals surface area contributed by atoms with Gasteiger partial charge in [-0.05, 0) is 86.3 Å². The van der Waals surface area contributed by atoms with Gasteiger partial charge in [0.15, 0.2) is 0 Å². The Morgan fingerprint density at radius 3 is 0.887 bits per heavy atom. The number of unbranched alkanes of at least 4 members (excludes halogenated alkanes) is 12. The first-order valence-electron chi connectivity index (χ1n) is 28.4. The van der Waals surface area contributed by atoms with Crippen molar-refractivity contribution in [3.63, 3.8) is 0 Å². The zero-order valence-electron chi connectivity index (χ0n) is 45.6. The van der Waals surface area contributed by atoms with Gasteiger partial charge in [-0.2, -0.15) is 0 Å². The molecule has 0 bridgehead atoms. The van der Waals surface area contributed by atoms with E-state index in [9.17, 15) is 38.4 Å². The molecule has 0 N–H and O–H groups in total. The summed E-state index contributed by atoms with van der Waals surface area (Å²) in [4.78, 5) is 122. The second kappa shape index (κ2) is 22.8. The molecule has 7 aromatic rings. The van der Waals surface area contributed by atoms with Gasteiger partial charge in [-0.3, -0.25) is 58.0 Å². The van der Waals surface area contributed by atoms with Crippen molar-refractivity contribution in [2.75, 3.05) is 26.2 Å². The molecule has 4 aromatic carbocycles. The van der Waals surface area contributed by atoms with Gasteiger partial charge in [-0.1, -0.05) is 105 Å². The summed E-state index contributed by atoms with van der Waals surface area (Å²) < 4.78 is 0. The highest BCUT2D eigenvalue weighted by molar-refractivity contribution is 7.19. The van der Waals surface area contributed by atoms with E-state index in [-0.39, 0.29) is 82.3 Å². The van der Waals surface area contributed by atoms with Gasteiger partial charge in [0, 0.05) is 102 Å². The minimum Gasteiger partial charge on any atom is -0.274 e. The third-order valence-electron chi connectivity index (χ3n) is 15.9. The van der Waals surface area contributed by atoms with Gasteiger partial charge >= 0.3 is 0 Å². The summed E-state index contributed by atoms with van der Waals surface area (Å²) in [6, 6.07) is 17.1. The third-order valence-corrected chi connectivity index (χ3v) is 18.2. The van der Waals surface area contributed by atoms with Gasteiger partial charge in [-0.15, -0.1) is 43.1 Å². The highest BCUT2D eigenvalue weighted by Gasteiger charge is 2.44. The van der Waals surface area contributed by atoms with Gasteiger partial charge < -0.3 is 0 Å². The van der Waals surface area contributed by atoms with Crippen molar-refractivity contribution in [1.82, 2.24) is 40.0 Å². The van der Waals surface area contributed by atoms with E-state index in [4.69, 9.17) is 0 Å². The van der Waals surface area contributed by atoms with E-state index in [0.29, 0.717) is 77.9 Å². The maximum atomic E-state index is 14.7. The molecule has 4 aliphatic rings. The topological polar surface area (TPSA) is 201 Å². The molecule has 0 atom stereocenters. The summed E-state index contributed by atoms with van der Waals surface area (Å²) in [5, 5.41) is 19.3. The number of hydrogen-bond donors (Lipinski definition) is 0. The lowest BCUT2D eigenvalue weighted by atomic mass is 9.83. The van der Waals surface area contributed by atoms with Crippen molar-refractivity contribution in [2.24, 2.45) is 0 Å². The van der Waals surface area contributed by atoms with Crippen LogP contribution in [0, 0.1) is 0 Å². The SMILES string of the molecule is CCCCCCN1C(=O)c2ccc3c4c(c(-c5ccc(-c6nnc(-c7ccc(-c8cc9c%10c(ccc%11c%10c8C(=O)N(CCCCCC)C%11=O)C(=O)N(CCCCCC)C9=O)s7)nn6)s5)cc(c24)C1=O)C(=O)N(CCCCCC)C3=O. The van der Waals surface area contributed by atoms with Gasteiger partial charge in [0.2, 0.25) is 11.6 Å². The number of thiophene rings is 2. The average Bonchev–Trinajstić information content (AvgIpc) is 4.01. The van der Waals surface area contributed by atoms with Crippen LogP contribution in [0.3, 0.4) is 0 Å². The molecule has 0 spiro atoms. The van der Waals surface area contributed by atoms with E-state index in [2.05, 4.69) is 48.1 Å². The number of nitrogens with zero attached hydrogens (tertiary/aromatic N) is 8. The Morgan fingerprint density at radius 1 is 0.300 bits per heavy atom. The molecule has 7 heterocycles. The van der Waals surface area contributed by atoms with Gasteiger partial charge in [0.05, 0.1) is 20.9 Å². The van der Waals surface area contributed by atoms with Crippen molar-refractivity contribution in [3.8, 4) is 42.3 Å². The molecule has 0 saturated carbocycles. The van der Waals surface area contributed by atoms with E-state index >= 15 is 0 Å². The first-order valence-corrected chi connectivity index (χ1v) is 30.1. The lowest BCUT2D eigenvalue weighted by molar-refractivity contribution is 0.0586. The molecule has 0 fully saturated rings. The Hall–Kier alpha value is -7.70. The van der Waals surface area contributed by atoms with Crippen molar-refractivity contribution in [3.05, 3.63) is 105 Å². The lowest BCUT2D eigenvalue weighted by Crippen LogP contribution is -2.44. The van der Waals surface area contributed by atoms with Crippen LogP contribution in [0.25, 0.3) is 63.8 Å². The first-order chi connectivity index (χ1) is 38.9. The standard InChI is InChI=1S/C62H62N8O8S2/c1-5-9-13-17-29-67-55(71)35-21-23-37-49-47(35)41(59(67)75)33-39(51(49)61(77)69(57(37)73)31-19-15-11-7-3)43-25-27-45(79-43)53-63-65-54(66-64-53)46-28-26-44(80-46)40-34-42-48-36(56(72)68(60(42)76)30-18-14-10-6-2)22-24-38-50(48)52(40)62(78)70(58(38)74)32-20-16-12-8-4/h21-28,33-34H,5-20,29-32H2,1-4H3. The quantitative estimate of drug-likeness (QED) is 0.0410. The molecular weight excluding hydrogens is 1050 g/mol. The number of carbonyl (C=O) groups is 8. The summed E-state index contributed by atoms with van der Waals surface area (Å²) >= 11 is 2.55. The smallest absolute Gasteiger partial charge is 0.262 e. The number of imide groups is 4. The summed E-state index contributed by atoms with van der Waals surface area (Å²) in [6.07, 6.45) is 13.8. The second-order valence-corrected chi connectivity index (χ2v) is 23.3. The Kier molecular flexibility index (Phi) is 15.5. The molecule has 3 aromatic heterocycles. The first kappa shape index (κ1) is 54.3. The van der Waals surface area contributed by atoms with Crippen LogP contribution in [-0.4, -0.2) is 113 Å². The molecule has 4 aliphatic heterocycles. The summed E-state index contributed by atoms with van der Waals surface area (Å²) in [7, 11) is 0. The maximum Gasteiger partial charge on any atom is 0.262 e. The summed E-state index contributed by atoms with van der Waals surface area (Å²) in [5.41, 5.74) is 3.06. The van der Waals surface area contributed by atoms with Crippen LogP contribution >= 0.6 is 22.7 Å². The van der Waals surface area contributed by atoms with E-state index in [1.165, 1.54) is 42.3 Å². The zero-order chi connectivity index (χ0) is 55.9. The molecule has 80 heavy (non-hydrogen) atoms. The highest BCUT2D eigenvalue weighted by Crippen LogP contribution is 2.47. The summed E-state index contributed by atoms with van der Waals surface area (Å²) in [5.74, 6) is -3.28. The predicted molar refractivity (Wildman–Crippen MR) is 308 cm³/mol. The Morgan fingerprint density at radius 2 is 0.575 bits per heavy atom. The monoisotopic (exact) mass is 1110 g/mol. The zero-order valence-corrected chi connectivity index (χ0v) is 47.2. The minimum atomic E-state index is -0.481. The Labute approximate surface area is 471 Å². The minimum absolute atomic E-state index is 0.197. The molecule has 0 saturated heterocycles. The molecule has 11 rings (SSSR count). The maximum absolute atomic E-state index is 14.7. The van der Waals surface area contributed by atoms with Crippen molar-refractivity contribution >= 4 is 91.5 Å². The summed E-state index contributed by atoms with van der Waals surface area (Å²) in [6.45, 7) is 9.33. The molecule has 0 radical (unpaired) electrons. The van der Waals surface area contributed by atoms with E-state index < -0.39 is 47.3 Å². The molecular formula is C62H62N8O8S2. The molecule has 16 nitrogen and oxygen atoms in total. The lowest BCUT2D eigenvalue weighted by Gasteiger charge is -2.33. The molecule has 410 valence electrons. The van der Waals surface area contributed by atoms with Crippen LogP contribution in [0.5, 0.6) is 0 Å². The molecule has 8 amide bonds. The second-order valence-electron chi connectivity index (χ2n) is 21.2. The van der Waals surface area contributed by atoms with Gasteiger partial charge in [0.1, 0.15) is 0 Å².